The topological polar surface area (TPSA) is 86.6 Å². The van der Waals surface area contributed by atoms with Gasteiger partial charge in [-0.05, 0) is 12.5 Å². The lowest BCUT2D eigenvalue weighted by Crippen LogP contribution is -2.47. The summed E-state index contributed by atoms with van der Waals surface area (Å²) < 4.78 is 0. The molecule has 21 heavy (non-hydrogen) atoms. The SMILES string of the molecule is CC(NC(CSCc1ccccc1)C(C)C(=O)O)C(=O)O. The molecule has 1 rings (SSSR count). The van der Waals surface area contributed by atoms with E-state index in [2.05, 4.69) is 5.32 Å². The second-order valence-electron chi connectivity index (χ2n) is 4.96. The molecule has 6 heteroatoms. The van der Waals surface area contributed by atoms with Crippen molar-refractivity contribution in [1.29, 1.82) is 0 Å². The van der Waals surface area contributed by atoms with Gasteiger partial charge in [-0.1, -0.05) is 37.3 Å². The van der Waals surface area contributed by atoms with Crippen molar-refractivity contribution in [3.05, 3.63) is 35.9 Å². The predicted octanol–water partition coefficient (Wildman–Crippen LogP) is 2.07. The number of hydrogen-bond donors (Lipinski definition) is 3. The van der Waals surface area contributed by atoms with E-state index in [1.54, 1.807) is 18.7 Å². The van der Waals surface area contributed by atoms with E-state index < -0.39 is 23.9 Å². The molecule has 3 unspecified atom stereocenters. The van der Waals surface area contributed by atoms with E-state index in [0.717, 1.165) is 11.3 Å². The smallest absolute Gasteiger partial charge is 0.320 e. The summed E-state index contributed by atoms with van der Waals surface area (Å²) in [6, 6.07) is 8.72. The molecule has 0 amide bonds. The molecule has 5 nitrogen and oxygen atoms in total. The average molecular weight is 311 g/mol. The second-order valence-corrected chi connectivity index (χ2v) is 5.99. The molecule has 0 aliphatic carbocycles. The third-order valence-corrected chi connectivity index (χ3v) is 4.37. The molecule has 0 aliphatic heterocycles. The summed E-state index contributed by atoms with van der Waals surface area (Å²) in [5.41, 5.74) is 1.16. The second kappa shape index (κ2) is 8.69. The highest BCUT2D eigenvalue weighted by Gasteiger charge is 2.26. The van der Waals surface area contributed by atoms with E-state index >= 15 is 0 Å². The Morgan fingerprint density at radius 1 is 1.14 bits per heavy atom. The molecule has 0 aliphatic rings. The van der Waals surface area contributed by atoms with Crippen LogP contribution in [0.25, 0.3) is 0 Å². The third-order valence-electron chi connectivity index (χ3n) is 3.24. The first-order valence-electron chi connectivity index (χ1n) is 6.75. The third kappa shape index (κ3) is 6.18. The maximum absolute atomic E-state index is 11.1. The minimum Gasteiger partial charge on any atom is -0.481 e. The van der Waals surface area contributed by atoms with Crippen molar-refractivity contribution < 1.29 is 19.8 Å². The normalized spacial score (nSPS) is 15.1. The van der Waals surface area contributed by atoms with Gasteiger partial charge in [-0.15, -0.1) is 0 Å². The van der Waals surface area contributed by atoms with E-state index in [0.29, 0.717) is 5.75 Å². The molecule has 0 radical (unpaired) electrons. The first-order chi connectivity index (χ1) is 9.91. The summed E-state index contributed by atoms with van der Waals surface area (Å²) in [4.78, 5) is 22.0. The van der Waals surface area contributed by atoms with Crippen LogP contribution in [0.5, 0.6) is 0 Å². The van der Waals surface area contributed by atoms with Gasteiger partial charge in [0, 0.05) is 17.5 Å². The van der Waals surface area contributed by atoms with Crippen LogP contribution in [-0.2, 0) is 15.3 Å². The standard InChI is InChI=1S/C15H21NO4S/c1-10(14(17)18)13(16-11(2)15(19)20)9-21-8-12-6-4-3-5-7-12/h3-7,10-11,13,16H,8-9H2,1-2H3,(H,17,18)(H,19,20). The molecule has 0 aromatic heterocycles. The molecule has 0 saturated heterocycles. The van der Waals surface area contributed by atoms with Crippen molar-refractivity contribution in [1.82, 2.24) is 5.32 Å². The predicted molar refractivity (Wildman–Crippen MR) is 83.4 cm³/mol. The number of carboxylic acid groups (broad SMARTS) is 2. The number of benzene rings is 1. The molecule has 0 heterocycles. The fraction of sp³-hybridized carbons (Fsp3) is 0.467. The summed E-state index contributed by atoms with van der Waals surface area (Å²) in [7, 11) is 0. The van der Waals surface area contributed by atoms with Gasteiger partial charge in [-0.2, -0.15) is 11.8 Å². The van der Waals surface area contributed by atoms with Gasteiger partial charge in [0.05, 0.1) is 5.92 Å². The first-order valence-corrected chi connectivity index (χ1v) is 7.90. The number of carboxylic acids is 2. The number of nitrogens with one attached hydrogen (secondary N) is 1. The molecule has 0 spiro atoms. The zero-order valence-corrected chi connectivity index (χ0v) is 13.0. The molecular weight excluding hydrogens is 290 g/mol. The van der Waals surface area contributed by atoms with Gasteiger partial charge in [0.1, 0.15) is 6.04 Å². The van der Waals surface area contributed by atoms with Crippen molar-refractivity contribution in [3.63, 3.8) is 0 Å². The van der Waals surface area contributed by atoms with Gasteiger partial charge in [0.25, 0.3) is 0 Å². The van der Waals surface area contributed by atoms with Gasteiger partial charge in [-0.3, -0.25) is 9.59 Å². The Morgan fingerprint density at radius 2 is 1.76 bits per heavy atom. The Labute approximate surface area is 128 Å². The zero-order valence-electron chi connectivity index (χ0n) is 12.2. The Hall–Kier alpha value is -1.53. The Bertz CT molecular complexity index is 466. The number of rotatable bonds is 9. The maximum atomic E-state index is 11.1. The highest BCUT2D eigenvalue weighted by atomic mass is 32.2. The quantitative estimate of drug-likeness (QED) is 0.647. The summed E-state index contributed by atoms with van der Waals surface area (Å²) >= 11 is 1.60. The molecule has 0 bridgehead atoms. The van der Waals surface area contributed by atoms with Crippen LogP contribution in [0.3, 0.4) is 0 Å². The van der Waals surface area contributed by atoms with E-state index in [-0.39, 0.29) is 6.04 Å². The fourth-order valence-electron chi connectivity index (χ4n) is 1.78. The number of thioether (sulfide) groups is 1. The lowest BCUT2D eigenvalue weighted by atomic mass is 10.0. The Balaban J connectivity index is 2.56. The van der Waals surface area contributed by atoms with E-state index in [4.69, 9.17) is 10.2 Å². The van der Waals surface area contributed by atoms with Crippen LogP contribution in [0.4, 0.5) is 0 Å². The van der Waals surface area contributed by atoms with Gasteiger partial charge < -0.3 is 15.5 Å². The number of carbonyl (C=O) groups is 2. The van der Waals surface area contributed by atoms with Gasteiger partial charge in [-0.25, -0.2) is 0 Å². The average Bonchev–Trinajstić information content (AvgIpc) is 2.46. The molecule has 3 N–H and O–H groups in total. The van der Waals surface area contributed by atoms with Gasteiger partial charge in [0.15, 0.2) is 0 Å². The number of hydrogen-bond acceptors (Lipinski definition) is 4. The van der Waals surface area contributed by atoms with Gasteiger partial charge in [0.2, 0.25) is 0 Å². The number of aliphatic carboxylic acids is 2. The van der Waals surface area contributed by atoms with Crippen molar-refractivity contribution >= 4 is 23.7 Å². The zero-order chi connectivity index (χ0) is 15.8. The van der Waals surface area contributed by atoms with Crippen LogP contribution in [0, 0.1) is 5.92 Å². The minimum absolute atomic E-state index is 0.387. The highest BCUT2D eigenvalue weighted by molar-refractivity contribution is 7.98. The van der Waals surface area contributed by atoms with E-state index in [1.165, 1.54) is 6.92 Å². The lowest BCUT2D eigenvalue weighted by Gasteiger charge is -2.24. The largest absolute Gasteiger partial charge is 0.481 e. The lowest BCUT2D eigenvalue weighted by molar-refractivity contribution is -0.144. The Kier molecular flexibility index (Phi) is 7.25. The van der Waals surface area contributed by atoms with Crippen LogP contribution < -0.4 is 5.32 Å². The van der Waals surface area contributed by atoms with Crippen molar-refractivity contribution in [2.24, 2.45) is 5.92 Å². The van der Waals surface area contributed by atoms with Gasteiger partial charge >= 0.3 is 11.9 Å². The van der Waals surface area contributed by atoms with Crippen LogP contribution in [0.15, 0.2) is 30.3 Å². The van der Waals surface area contributed by atoms with Crippen LogP contribution in [-0.4, -0.2) is 40.0 Å². The van der Waals surface area contributed by atoms with Crippen LogP contribution >= 0.6 is 11.8 Å². The van der Waals surface area contributed by atoms with E-state index in [9.17, 15) is 9.59 Å². The maximum Gasteiger partial charge on any atom is 0.320 e. The molecule has 116 valence electrons. The first kappa shape index (κ1) is 17.5. The summed E-state index contributed by atoms with van der Waals surface area (Å²) in [5, 5.41) is 20.9. The molecule has 1 aromatic carbocycles. The Morgan fingerprint density at radius 3 is 2.29 bits per heavy atom. The van der Waals surface area contributed by atoms with Crippen molar-refractivity contribution in [2.75, 3.05) is 5.75 Å². The molecule has 3 atom stereocenters. The summed E-state index contributed by atoms with van der Waals surface area (Å²) in [5.74, 6) is -1.24. The molecule has 0 fully saturated rings. The van der Waals surface area contributed by atoms with E-state index in [1.807, 2.05) is 30.3 Å². The molecule has 1 aromatic rings. The van der Waals surface area contributed by atoms with Crippen LogP contribution in [0.2, 0.25) is 0 Å². The minimum atomic E-state index is -0.981. The fourth-order valence-corrected chi connectivity index (χ4v) is 2.96. The summed E-state index contributed by atoms with van der Waals surface area (Å²) in [6.07, 6.45) is 0. The molecule has 0 saturated carbocycles. The van der Waals surface area contributed by atoms with Crippen molar-refractivity contribution in [2.45, 2.75) is 31.7 Å². The van der Waals surface area contributed by atoms with Crippen LogP contribution in [0.1, 0.15) is 19.4 Å². The monoisotopic (exact) mass is 311 g/mol. The van der Waals surface area contributed by atoms with Crippen molar-refractivity contribution in [3.8, 4) is 0 Å². The molecular formula is C15H21NO4S. The summed E-state index contributed by atoms with van der Waals surface area (Å²) in [6.45, 7) is 3.11. The highest BCUT2D eigenvalue weighted by Crippen LogP contribution is 2.17.